The number of allylic oxidation sites excluding steroid dienone is 1. The fourth-order valence-electron chi connectivity index (χ4n) is 1.89. The molecule has 0 bridgehead atoms. The summed E-state index contributed by atoms with van der Waals surface area (Å²) < 4.78 is 10.3. The van der Waals surface area contributed by atoms with Crippen LogP contribution in [0.2, 0.25) is 0 Å². The van der Waals surface area contributed by atoms with Crippen LogP contribution in [-0.2, 0) is 4.74 Å². The molecule has 0 saturated carbocycles. The van der Waals surface area contributed by atoms with Crippen LogP contribution in [0.25, 0.3) is 6.08 Å². The van der Waals surface area contributed by atoms with E-state index in [4.69, 9.17) is 9.15 Å². The van der Waals surface area contributed by atoms with Crippen LogP contribution in [0.1, 0.15) is 52.0 Å². The van der Waals surface area contributed by atoms with Gasteiger partial charge in [0.25, 0.3) is 0 Å². The normalized spacial score (nSPS) is 10.9. The van der Waals surface area contributed by atoms with Crippen LogP contribution >= 0.6 is 0 Å². The Morgan fingerprint density at radius 3 is 2.48 bits per heavy atom. The summed E-state index contributed by atoms with van der Waals surface area (Å²) in [6, 6.07) is 10.7. The average molecular weight is 312 g/mol. The summed E-state index contributed by atoms with van der Waals surface area (Å²) >= 11 is 0. The molecule has 2 rings (SSSR count). The number of hydrogen-bond acceptors (Lipinski definition) is 4. The molecule has 1 aromatic heterocycles. The molecule has 0 aliphatic heterocycles. The van der Waals surface area contributed by atoms with Gasteiger partial charge in [-0.15, -0.1) is 0 Å². The third-order valence-corrected chi connectivity index (χ3v) is 3.29. The van der Waals surface area contributed by atoms with Gasteiger partial charge in [-0.25, -0.2) is 4.79 Å². The van der Waals surface area contributed by atoms with Crippen molar-refractivity contribution in [2.45, 2.75) is 26.7 Å². The Kier molecular flexibility index (Phi) is 5.92. The van der Waals surface area contributed by atoms with Gasteiger partial charge in [-0.2, -0.15) is 0 Å². The lowest BCUT2D eigenvalue weighted by Crippen LogP contribution is -2.05. The Labute approximate surface area is 135 Å². The Morgan fingerprint density at radius 2 is 1.78 bits per heavy atom. The molecule has 1 heterocycles. The lowest BCUT2D eigenvalue weighted by molar-refractivity contribution is 0.0462. The van der Waals surface area contributed by atoms with E-state index >= 15 is 0 Å². The average Bonchev–Trinajstić information content (AvgIpc) is 3.04. The first kappa shape index (κ1) is 16.7. The first-order chi connectivity index (χ1) is 11.1. The fourth-order valence-corrected chi connectivity index (χ4v) is 1.89. The standard InChI is InChI=1S/C19H20O4/c1-3-4-13-22-19(21)18-12-11-17(23-18)16(20)10-9-15-7-5-14(2)6-8-15/h5-12H,3-4,13H2,1-2H3/b10-9+. The highest BCUT2D eigenvalue weighted by atomic mass is 16.5. The number of benzene rings is 1. The van der Waals surface area contributed by atoms with E-state index in [1.54, 1.807) is 6.08 Å². The van der Waals surface area contributed by atoms with E-state index in [0.717, 1.165) is 24.0 Å². The smallest absolute Gasteiger partial charge is 0.374 e. The maximum atomic E-state index is 12.0. The molecule has 4 heteroatoms. The van der Waals surface area contributed by atoms with E-state index in [1.807, 2.05) is 38.1 Å². The van der Waals surface area contributed by atoms with Gasteiger partial charge in [-0.05, 0) is 37.1 Å². The monoisotopic (exact) mass is 312 g/mol. The molecule has 0 atom stereocenters. The number of ether oxygens (including phenoxy) is 1. The van der Waals surface area contributed by atoms with E-state index in [-0.39, 0.29) is 17.3 Å². The topological polar surface area (TPSA) is 56.5 Å². The molecule has 0 unspecified atom stereocenters. The molecule has 2 aromatic rings. The molecule has 23 heavy (non-hydrogen) atoms. The van der Waals surface area contributed by atoms with Crippen LogP contribution in [0.5, 0.6) is 0 Å². The van der Waals surface area contributed by atoms with Crippen molar-refractivity contribution in [1.82, 2.24) is 0 Å². The number of furan rings is 1. The Hall–Kier alpha value is -2.62. The van der Waals surface area contributed by atoms with Gasteiger partial charge < -0.3 is 9.15 Å². The van der Waals surface area contributed by atoms with Crippen LogP contribution in [0, 0.1) is 6.92 Å². The van der Waals surface area contributed by atoms with Gasteiger partial charge in [0.15, 0.2) is 5.76 Å². The number of hydrogen-bond donors (Lipinski definition) is 0. The molecule has 0 saturated heterocycles. The highest BCUT2D eigenvalue weighted by Gasteiger charge is 2.15. The predicted octanol–water partition coefficient (Wildman–Crippen LogP) is 4.44. The van der Waals surface area contributed by atoms with E-state index in [0.29, 0.717) is 6.61 Å². The number of carbonyl (C=O) groups is 2. The molecule has 4 nitrogen and oxygen atoms in total. The lowest BCUT2D eigenvalue weighted by Gasteiger charge is -2.00. The lowest BCUT2D eigenvalue weighted by atomic mass is 10.1. The van der Waals surface area contributed by atoms with Gasteiger partial charge >= 0.3 is 5.97 Å². The largest absolute Gasteiger partial charge is 0.460 e. The van der Waals surface area contributed by atoms with Gasteiger partial charge in [0.1, 0.15) is 0 Å². The Balaban J connectivity index is 1.97. The van der Waals surface area contributed by atoms with Crippen LogP contribution in [0.4, 0.5) is 0 Å². The van der Waals surface area contributed by atoms with E-state index in [2.05, 4.69) is 0 Å². The van der Waals surface area contributed by atoms with Gasteiger partial charge in [0, 0.05) is 0 Å². The zero-order valence-electron chi connectivity index (χ0n) is 13.4. The molecule has 0 N–H and O–H groups in total. The fraction of sp³-hybridized carbons (Fsp3) is 0.263. The van der Waals surface area contributed by atoms with Crippen molar-refractivity contribution >= 4 is 17.8 Å². The molecule has 0 radical (unpaired) electrons. The number of carbonyl (C=O) groups excluding carboxylic acids is 2. The van der Waals surface area contributed by atoms with Crippen LogP contribution in [0.15, 0.2) is 46.9 Å². The van der Waals surface area contributed by atoms with Crippen molar-refractivity contribution < 1.29 is 18.7 Å². The summed E-state index contributed by atoms with van der Waals surface area (Å²) in [4.78, 5) is 23.8. The summed E-state index contributed by atoms with van der Waals surface area (Å²) in [5.41, 5.74) is 2.08. The molecule has 0 amide bonds. The summed E-state index contributed by atoms with van der Waals surface area (Å²) in [7, 11) is 0. The Morgan fingerprint density at radius 1 is 1.09 bits per heavy atom. The predicted molar refractivity (Wildman–Crippen MR) is 88.4 cm³/mol. The highest BCUT2D eigenvalue weighted by Crippen LogP contribution is 2.12. The number of esters is 1. The number of rotatable bonds is 7. The minimum atomic E-state index is -0.542. The zero-order valence-corrected chi connectivity index (χ0v) is 13.4. The van der Waals surface area contributed by atoms with Crippen molar-refractivity contribution in [3.05, 3.63) is 65.1 Å². The van der Waals surface area contributed by atoms with Gasteiger partial charge in [-0.1, -0.05) is 49.2 Å². The van der Waals surface area contributed by atoms with Crippen molar-refractivity contribution in [2.24, 2.45) is 0 Å². The quantitative estimate of drug-likeness (QED) is 0.328. The molecule has 0 fully saturated rings. The highest BCUT2D eigenvalue weighted by molar-refractivity contribution is 6.05. The molecular formula is C19H20O4. The second-order valence-corrected chi connectivity index (χ2v) is 5.26. The van der Waals surface area contributed by atoms with E-state index in [1.165, 1.54) is 18.2 Å². The van der Waals surface area contributed by atoms with Crippen LogP contribution in [0.3, 0.4) is 0 Å². The van der Waals surface area contributed by atoms with Crippen molar-refractivity contribution in [2.75, 3.05) is 6.61 Å². The summed E-state index contributed by atoms with van der Waals surface area (Å²) in [6.07, 6.45) is 4.88. The van der Waals surface area contributed by atoms with Gasteiger partial charge in [0.2, 0.25) is 11.5 Å². The van der Waals surface area contributed by atoms with E-state index in [9.17, 15) is 9.59 Å². The van der Waals surface area contributed by atoms with Crippen molar-refractivity contribution in [3.63, 3.8) is 0 Å². The van der Waals surface area contributed by atoms with Crippen LogP contribution in [-0.4, -0.2) is 18.4 Å². The number of ketones is 1. The first-order valence-corrected chi connectivity index (χ1v) is 7.66. The minimum absolute atomic E-state index is 0.0492. The molecule has 120 valence electrons. The molecule has 1 aromatic carbocycles. The molecule has 0 spiro atoms. The number of unbranched alkanes of at least 4 members (excludes halogenated alkanes) is 1. The van der Waals surface area contributed by atoms with Crippen molar-refractivity contribution in [3.8, 4) is 0 Å². The zero-order chi connectivity index (χ0) is 16.7. The summed E-state index contributed by atoms with van der Waals surface area (Å²) in [5, 5.41) is 0. The molecule has 0 aliphatic carbocycles. The van der Waals surface area contributed by atoms with E-state index < -0.39 is 5.97 Å². The van der Waals surface area contributed by atoms with Gasteiger partial charge in [-0.3, -0.25) is 4.79 Å². The summed E-state index contributed by atoms with van der Waals surface area (Å²) in [5.74, 6) is -0.665. The SMILES string of the molecule is CCCCOC(=O)c1ccc(C(=O)/C=C/c2ccc(C)cc2)o1. The second-order valence-electron chi connectivity index (χ2n) is 5.26. The van der Waals surface area contributed by atoms with Crippen molar-refractivity contribution in [1.29, 1.82) is 0 Å². The Bertz CT molecular complexity index is 692. The molecular weight excluding hydrogens is 292 g/mol. The minimum Gasteiger partial charge on any atom is -0.460 e. The maximum absolute atomic E-state index is 12.0. The third-order valence-electron chi connectivity index (χ3n) is 3.29. The van der Waals surface area contributed by atoms with Gasteiger partial charge in [0.05, 0.1) is 6.61 Å². The second kappa shape index (κ2) is 8.13. The maximum Gasteiger partial charge on any atom is 0.374 e. The molecule has 0 aliphatic rings. The number of aryl methyl sites for hydroxylation is 1. The summed E-state index contributed by atoms with van der Waals surface area (Å²) in [6.45, 7) is 4.37. The third kappa shape index (κ3) is 4.95. The van der Waals surface area contributed by atoms with Crippen LogP contribution < -0.4 is 0 Å². The first-order valence-electron chi connectivity index (χ1n) is 7.66.